The highest BCUT2D eigenvalue weighted by molar-refractivity contribution is 5.76. The fraction of sp³-hybridized carbons (Fsp3) is 0.667. The largest absolute Gasteiger partial charge is 0.469 e. The molecular weight excluding hydrogens is 282 g/mol. The number of carbonyl (C=O) groups is 1. The number of anilines is 3. The zero-order chi connectivity index (χ0) is 15.9. The molecule has 0 aromatic carbocycles. The molecule has 7 nitrogen and oxygen atoms in total. The smallest absolute Gasteiger partial charge is 0.308 e. The van der Waals surface area contributed by atoms with Crippen LogP contribution in [0.4, 0.5) is 17.3 Å². The third-order valence-electron chi connectivity index (χ3n) is 4.01. The molecule has 3 N–H and O–H groups in total. The van der Waals surface area contributed by atoms with Crippen LogP contribution in [-0.4, -0.2) is 42.7 Å². The summed E-state index contributed by atoms with van der Waals surface area (Å²) in [6, 6.07) is 0. The second kappa shape index (κ2) is 7.82. The Balaban J connectivity index is 2.01. The summed E-state index contributed by atoms with van der Waals surface area (Å²) in [5.41, 5.74) is 6.78. The second-order valence-corrected chi connectivity index (χ2v) is 5.52. The highest BCUT2D eigenvalue weighted by Crippen LogP contribution is 2.29. The fourth-order valence-electron chi connectivity index (χ4n) is 2.66. The van der Waals surface area contributed by atoms with Crippen LogP contribution in [0.25, 0.3) is 0 Å². The number of nitrogen functional groups attached to an aromatic ring is 1. The number of rotatable bonds is 6. The summed E-state index contributed by atoms with van der Waals surface area (Å²) in [5, 5.41) is 3.25. The van der Waals surface area contributed by atoms with Crippen molar-refractivity contribution in [1.82, 2.24) is 9.97 Å². The Hall–Kier alpha value is -2.05. The number of piperidine rings is 1. The summed E-state index contributed by atoms with van der Waals surface area (Å²) < 4.78 is 4.81. The van der Waals surface area contributed by atoms with E-state index in [-0.39, 0.29) is 11.9 Å². The van der Waals surface area contributed by atoms with Crippen LogP contribution >= 0.6 is 0 Å². The molecule has 0 bridgehead atoms. The Bertz CT molecular complexity index is 501. The van der Waals surface area contributed by atoms with E-state index >= 15 is 0 Å². The standard InChI is InChI=1S/C15H25N5O2/c1-3-4-7-17-13-12(16)14(19-10-18-13)20-8-5-11(6-9-20)15(21)22-2/h10-11H,3-9,16H2,1-2H3,(H,17,18,19). The van der Waals surface area contributed by atoms with Crippen LogP contribution < -0.4 is 16.0 Å². The van der Waals surface area contributed by atoms with Gasteiger partial charge in [0.1, 0.15) is 12.0 Å². The van der Waals surface area contributed by atoms with E-state index in [1.54, 1.807) is 0 Å². The minimum atomic E-state index is -0.128. The zero-order valence-corrected chi connectivity index (χ0v) is 13.3. The molecule has 1 aliphatic rings. The number of nitrogens with two attached hydrogens (primary N) is 1. The molecule has 0 unspecified atom stereocenters. The average Bonchev–Trinajstić information content (AvgIpc) is 2.56. The van der Waals surface area contributed by atoms with Gasteiger partial charge in [0.25, 0.3) is 0 Å². The van der Waals surface area contributed by atoms with E-state index in [4.69, 9.17) is 10.5 Å². The number of nitrogens with zero attached hydrogens (tertiary/aromatic N) is 3. The van der Waals surface area contributed by atoms with E-state index < -0.39 is 0 Å². The lowest BCUT2D eigenvalue weighted by Crippen LogP contribution is -2.37. The molecule has 0 spiro atoms. The first kappa shape index (κ1) is 16.3. The average molecular weight is 307 g/mol. The molecule has 0 saturated carbocycles. The van der Waals surface area contributed by atoms with Crippen LogP contribution in [0.15, 0.2) is 6.33 Å². The lowest BCUT2D eigenvalue weighted by atomic mass is 9.97. The molecule has 2 rings (SSSR count). The van der Waals surface area contributed by atoms with Crippen LogP contribution in [-0.2, 0) is 9.53 Å². The number of carbonyl (C=O) groups excluding carboxylic acids is 1. The van der Waals surface area contributed by atoms with Gasteiger partial charge >= 0.3 is 5.97 Å². The van der Waals surface area contributed by atoms with Gasteiger partial charge in [-0.25, -0.2) is 9.97 Å². The number of ether oxygens (including phenoxy) is 1. The normalized spacial score (nSPS) is 15.6. The van der Waals surface area contributed by atoms with Crippen molar-refractivity contribution < 1.29 is 9.53 Å². The molecule has 0 aliphatic carbocycles. The van der Waals surface area contributed by atoms with Crippen LogP contribution in [0.3, 0.4) is 0 Å². The summed E-state index contributed by atoms with van der Waals surface area (Å²) in [7, 11) is 1.44. The number of hydrogen-bond acceptors (Lipinski definition) is 7. The van der Waals surface area contributed by atoms with Crippen molar-refractivity contribution >= 4 is 23.3 Å². The van der Waals surface area contributed by atoms with Crippen LogP contribution in [0.5, 0.6) is 0 Å². The first-order chi connectivity index (χ1) is 10.7. The minimum Gasteiger partial charge on any atom is -0.469 e. The van der Waals surface area contributed by atoms with Crippen molar-refractivity contribution in [2.75, 3.05) is 42.7 Å². The van der Waals surface area contributed by atoms with Gasteiger partial charge in [-0.05, 0) is 19.3 Å². The van der Waals surface area contributed by atoms with Gasteiger partial charge in [-0.15, -0.1) is 0 Å². The van der Waals surface area contributed by atoms with Crippen molar-refractivity contribution in [2.45, 2.75) is 32.6 Å². The lowest BCUT2D eigenvalue weighted by molar-refractivity contribution is -0.146. The molecule has 1 fully saturated rings. The molecule has 1 aromatic rings. The quantitative estimate of drug-likeness (QED) is 0.609. The molecule has 0 atom stereocenters. The third kappa shape index (κ3) is 3.78. The van der Waals surface area contributed by atoms with E-state index in [0.717, 1.165) is 51.1 Å². The molecule has 0 amide bonds. The monoisotopic (exact) mass is 307 g/mol. The first-order valence-electron chi connectivity index (χ1n) is 7.84. The molecule has 22 heavy (non-hydrogen) atoms. The Morgan fingerprint density at radius 3 is 2.82 bits per heavy atom. The van der Waals surface area contributed by atoms with Crippen molar-refractivity contribution in [3.63, 3.8) is 0 Å². The fourth-order valence-corrected chi connectivity index (χ4v) is 2.66. The van der Waals surface area contributed by atoms with Gasteiger partial charge in [-0.1, -0.05) is 13.3 Å². The first-order valence-corrected chi connectivity index (χ1v) is 7.84. The van der Waals surface area contributed by atoms with E-state index in [1.165, 1.54) is 13.4 Å². The Labute approximate surface area is 131 Å². The summed E-state index contributed by atoms with van der Waals surface area (Å²) in [4.78, 5) is 22.2. The second-order valence-electron chi connectivity index (χ2n) is 5.52. The molecular formula is C15H25N5O2. The highest BCUT2D eigenvalue weighted by atomic mass is 16.5. The lowest BCUT2D eigenvalue weighted by Gasteiger charge is -2.32. The maximum Gasteiger partial charge on any atom is 0.308 e. The van der Waals surface area contributed by atoms with Gasteiger partial charge in [0, 0.05) is 19.6 Å². The van der Waals surface area contributed by atoms with Gasteiger partial charge < -0.3 is 20.7 Å². The number of nitrogens with one attached hydrogen (secondary N) is 1. The van der Waals surface area contributed by atoms with Crippen molar-refractivity contribution in [3.05, 3.63) is 6.33 Å². The van der Waals surface area contributed by atoms with E-state index in [2.05, 4.69) is 27.1 Å². The summed E-state index contributed by atoms with van der Waals surface area (Å²) in [6.45, 7) is 4.48. The Morgan fingerprint density at radius 1 is 1.45 bits per heavy atom. The van der Waals surface area contributed by atoms with E-state index in [1.807, 2.05) is 0 Å². The molecule has 7 heteroatoms. The summed E-state index contributed by atoms with van der Waals surface area (Å²) in [5.74, 6) is 1.29. The highest BCUT2D eigenvalue weighted by Gasteiger charge is 2.27. The molecule has 1 aliphatic heterocycles. The van der Waals surface area contributed by atoms with Crippen molar-refractivity contribution in [1.29, 1.82) is 0 Å². The molecule has 0 radical (unpaired) electrons. The van der Waals surface area contributed by atoms with Gasteiger partial charge in [0.15, 0.2) is 11.6 Å². The van der Waals surface area contributed by atoms with Gasteiger partial charge in [0.05, 0.1) is 13.0 Å². The van der Waals surface area contributed by atoms with Crippen LogP contribution in [0.2, 0.25) is 0 Å². The van der Waals surface area contributed by atoms with Crippen molar-refractivity contribution in [2.24, 2.45) is 5.92 Å². The number of methoxy groups -OCH3 is 1. The van der Waals surface area contributed by atoms with Gasteiger partial charge in [-0.3, -0.25) is 4.79 Å². The van der Waals surface area contributed by atoms with E-state index in [9.17, 15) is 4.79 Å². The zero-order valence-electron chi connectivity index (χ0n) is 13.3. The predicted octanol–water partition coefficient (Wildman–Crippen LogP) is 1.66. The maximum absolute atomic E-state index is 11.6. The predicted molar refractivity (Wildman–Crippen MR) is 86.8 cm³/mol. The number of esters is 1. The Kier molecular flexibility index (Phi) is 5.80. The molecule has 1 aromatic heterocycles. The molecule has 2 heterocycles. The molecule has 122 valence electrons. The minimum absolute atomic E-state index is 0.0218. The third-order valence-corrected chi connectivity index (χ3v) is 4.01. The van der Waals surface area contributed by atoms with Gasteiger partial charge in [0.2, 0.25) is 0 Å². The van der Waals surface area contributed by atoms with Gasteiger partial charge in [-0.2, -0.15) is 0 Å². The van der Waals surface area contributed by atoms with Crippen LogP contribution in [0.1, 0.15) is 32.6 Å². The number of hydrogen-bond donors (Lipinski definition) is 2. The number of aromatic nitrogens is 2. The number of unbranched alkanes of at least 4 members (excludes halogenated alkanes) is 1. The molecule has 1 saturated heterocycles. The van der Waals surface area contributed by atoms with Crippen LogP contribution in [0, 0.1) is 5.92 Å². The Morgan fingerprint density at radius 2 is 2.18 bits per heavy atom. The summed E-state index contributed by atoms with van der Waals surface area (Å²) in [6.07, 6.45) is 5.24. The van der Waals surface area contributed by atoms with E-state index in [0.29, 0.717) is 11.5 Å². The van der Waals surface area contributed by atoms with Crippen molar-refractivity contribution in [3.8, 4) is 0 Å². The SMILES string of the molecule is CCCCNc1ncnc(N2CCC(C(=O)OC)CC2)c1N. The topological polar surface area (TPSA) is 93.4 Å². The summed E-state index contributed by atoms with van der Waals surface area (Å²) >= 11 is 0. The maximum atomic E-state index is 11.6.